The lowest BCUT2D eigenvalue weighted by Gasteiger charge is -2.37. The molecular weight excluding hydrogens is 332 g/mol. The molecule has 0 unspecified atom stereocenters. The van der Waals surface area contributed by atoms with Crippen molar-refractivity contribution in [2.24, 2.45) is 17.8 Å². The Labute approximate surface area is 146 Å². The van der Waals surface area contributed by atoms with E-state index < -0.39 is 29.4 Å². The fraction of sp³-hybridized carbons (Fsp3) is 0.700. The summed E-state index contributed by atoms with van der Waals surface area (Å²) in [6, 6.07) is 2.11. The lowest BCUT2D eigenvalue weighted by atomic mass is 9.71. The number of rotatable bonds is 4. The number of benzene rings is 1. The van der Waals surface area contributed by atoms with Crippen LogP contribution >= 0.6 is 0 Å². The van der Waals surface area contributed by atoms with E-state index in [2.05, 4.69) is 6.92 Å². The van der Waals surface area contributed by atoms with E-state index in [0.717, 1.165) is 30.7 Å². The molecule has 3 rings (SSSR count). The molecule has 0 saturated heterocycles. The van der Waals surface area contributed by atoms with Crippen LogP contribution in [0.1, 0.15) is 63.9 Å². The molecule has 0 radical (unpaired) electrons. The van der Waals surface area contributed by atoms with Gasteiger partial charge in [-0.25, -0.2) is 8.78 Å². The quantitative estimate of drug-likeness (QED) is 0.565. The lowest BCUT2D eigenvalue weighted by molar-refractivity contribution is -0.278. The highest BCUT2D eigenvalue weighted by Crippen LogP contribution is 2.42. The SMILES string of the molecule is CC1CCC(C2CCC(OC(F)(F)c3ccc(F)c(F)c3)CC2)CC1. The third-order valence-electron chi connectivity index (χ3n) is 6.02. The first-order valence-corrected chi connectivity index (χ1v) is 9.36. The van der Waals surface area contributed by atoms with Gasteiger partial charge in [-0.1, -0.05) is 19.8 Å². The van der Waals surface area contributed by atoms with Crippen LogP contribution in [0.2, 0.25) is 0 Å². The number of hydrogen-bond donors (Lipinski definition) is 0. The van der Waals surface area contributed by atoms with Crippen LogP contribution in [0, 0.1) is 29.4 Å². The average Bonchev–Trinajstić information content (AvgIpc) is 2.58. The van der Waals surface area contributed by atoms with Gasteiger partial charge in [-0.15, -0.1) is 0 Å². The van der Waals surface area contributed by atoms with Crippen LogP contribution < -0.4 is 0 Å². The molecular formula is C20H26F4O. The van der Waals surface area contributed by atoms with Crippen molar-refractivity contribution in [2.45, 2.75) is 70.5 Å². The van der Waals surface area contributed by atoms with Gasteiger partial charge in [-0.05, 0) is 74.5 Å². The van der Waals surface area contributed by atoms with Crippen LogP contribution in [0.15, 0.2) is 18.2 Å². The van der Waals surface area contributed by atoms with Crippen molar-refractivity contribution < 1.29 is 22.3 Å². The Balaban J connectivity index is 1.53. The summed E-state index contributed by atoms with van der Waals surface area (Å²) in [7, 11) is 0. The first-order valence-electron chi connectivity index (χ1n) is 9.36. The van der Waals surface area contributed by atoms with E-state index >= 15 is 0 Å². The van der Waals surface area contributed by atoms with E-state index in [9.17, 15) is 17.6 Å². The molecule has 0 bridgehead atoms. The highest BCUT2D eigenvalue weighted by molar-refractivity contribution is 5.20. The van der Waals surface area contributed by atoms with Crippen LogP contribution in [0.25, 0.3) is 0 Å². The van der Waals surface area contributed by atoms with Crippen molar-refractivity contribution in [3.63, 3.8) is 0 Å². The fourth-order valence-corrected chi connectivity index (χ4v) is 4.39. The second-order valence-corrected chi connectivity index (χ2v) is 7.82. The van der Waals surface area contributed by atoms with Crippen LogP contribution in [0.5, 0.6) is 0 Å². The van der Waals surface area contributed by atoms with Gasteiger partial charge in [0.15, 0.2) is 11.6 Å². The van der Waals surface area contributed by atoms with E-state index in [1.807, 2.05) is 0 Å². The topological polar surface area (TPSA) is 9.23 Å². The zero-order chi connectivity index (χ0) is 18.0. The van der Waals surface area contributed by atoms with E-state index in [4.69, 9.17) is 4.74 Å². The van der Waals surface area contributed by atoms with Crippen LogP contribution in [0.3, 0.4) is 0 Å². The van der Waals surface area contributed by atoms with Gasteiger partial charge < -0.3 is 4.74 Å². The van der Waals surface area contributed by atoms with Crippen molar-refractivity contribution in [3.8, 4) is 0 Å². The summed E-state index contributed by atoms with van der Waals surface area (Å²) in [6.07, 6.45) is 3.98. The zero-order valence-electron chi connectivity index (χ0n) is 14.6. The molecule has 2 aliphatic carbocycles. The Hall–Kier alpha value is -1.10. The van der Waals surface area contributed by atoms with Gasteiger partial charge in [-0.2, -0.15) is 8.78 Å². The second-order valence-electron chi connectivity index (χ2n) is 7.82. The molecule has 2 saturated carbocycles. The molecule has 2 aliphatic rings. The highest BCUT2D eigenvalue weighted by atomic mass is 19.3. The van der Waals surface area contributed by atoms with Crippen molar-refractivity contribution in [1.82, 2.24) is 0 Å². The fourth-order valence-electron chi connectivity index (χ4n) is 4.39. The molecule has 0 aliphatic heterocycles. The molecule has 1 nitrogen and oxygen atoms in total. The molecule has 2 fully saturated rings. The summed E-state index contributed by atoms with van der Waals surface area (Å²) in [4.78, 5) is 0. The van der Waals surface area contributed by atoms with Crippen molar-refractivity contribution in [1.29, 1.82) is 0 Å². The molecule has 25 heavy (non-hydrogen) atoms. The molecule has 0 N–H and O–H groups in total. The third kappa shape index (κ3) is 4.55. The van der Waals surface area contributed by atoms with Gasteiger partial charge in [0.25, 0.3) is 0 Å². The van der Waals surface area contributed by atoms with Gasteiger partial charge in [0, 0.05) is 0 Å². The van der Waals surface area contributed by atoms with Crippen LogP contribution in [-0.4, -0.2) is 6.10 Å². The summed E-state index contributed by atoms with van der Waals surface area (Å²) >= 11 is 0. The first-order chi connectivity index (χ1) is 11.8. The van der Waals surface area contributed by atoms with Gasteiger partial charge in [0.2, 0.25) is 0 Å². The minimum absolute atomic E-state index is 0.518. The largest absolute Gasteiger partial charge is 0.383 e. The zero-order valence-corrected chi connectivity index (χ0v) is 14.6. The predicted molar refractivity (Wildman–Crippen MR) is 88.2 cm³/mol. The summed E-state index contributed by atoms with van der Waals surface area (Å²) in [5, 5.41) is 0. The number of alkyl halides is 2. The van der Waals surface area contributed by atoms with E-state index in [1.54, 1.807) is 0 Å². The maximum absolute atomic E-state index is 14.2. The number of halogens is 4. The monoisotopic (exact) mass is 358 g/mol. The number of ether oxygens (including phenoxy) is 1. The molecule has 0 amide bonds. The maximum atomic E-state index is 14.2. The second kappa shape index (κ2) is 7.65. The molecule has 5 heteroatoms. The molecule has 0 aromatic heterocycles. The van der Waals surface area contributed by atoms with Gasteiger partial charge in [0.1, 0.15) is 0 Å². The van der Waals surface area contributed by atoms with Crippen LogP contribution in [-0.2, 0) is 10.8 Å². The van der Waals surface area contributed by atoms with E-state index in [1.165, 1.54) is 25.7 Å². The summed E-state index contributed by atoms with van der Waals surface area (Å²) in [6.45, 7) is 2.29. The standard InChI is InChI=1S/C20H26F4O/c1-13-2-4-14(5-3-13)15-6-9-17(10-7-15)25-20(23,24)16-8-11-18(21)19(22)12-16/h8,11-15,17H,2-7,9-10H2,1H3. The van der Waals surface area contributed by atoms with Gasteiger partial charge in [-0.3, -0.25) is 0 Å². The molecule has 140 valence electrons. The molecule has 0 spiro atoms. The Morgan fingerprint density at radius 3 is 1.96 bits per heavy atom. The normalized spacial score (nSPS) is 31.1. The summed E-state index contributed by atoms with van der Waals surface area (Å²) < 4.78 is 59.6. The van der Waals surface area contributed by atoms with Crippen LogP contribution in [0.4, 0.5) is 17.6 Å². The molecule has 1 aromatic carbocycles. The Bertz CT molecular complexity index is 573. The molecule has 1 aromatic rings. The predicted octanol–water partition coefficient (Wildman–Crippen LogP) is 6.42. The summed E-state index contributed by atoms with van der Waals surface area (Å²) in [5.74, 6) is -0.267. The van der Waals surface area contributed by atoms with Gasteiger partial charge >= 0.3 is 6.11 Å². The molecule has 0 heterocycles. The van der Waals surface area contributed by atoms with E-state index in [-0.39, 0.29) is 0 Å². The smallest absolute Gasteiger partial charge is 0.313 e. The Morgan fingerprint density at radius 1 is 0.840 bits per heavy atom. The summed E-state index contributed by atoms with van der Waals surface area (Å²) in [5.41, 5.74) is -0.630. The Kier molecular flexibility index (Phi) is 5.71. The number of hydrogen-bond acceptors (Lipinski definition) is 1. The minimum atomic E-state index is -3.59. The third-order valence-corrected chi connectivity index (χ3v) is 6.02. The van der Waals surface area contributed by atoms with E-state index in [0.29, 0.717) is 30.9 Å². The minimum Gasteiger partial charge on any atom is -0.313 e. The molecule has 0 atom stereocenters. The highest BCUT2D eigenvalue weighted by Gasteiger charge is 2.39. The van der Waals surface area contributed by atoms with Crippen molar-refractivity contribution in [2.75, 3.05) is 0 Å². The Morgan fingerprint density at radius 2 is 1.40 bits per heavy atom. The first kappa shape index (κ1) is 18.7. The maximum Gasteiger partial charge on any atom is 0.383 e. The average molecular weight is 358 g/mol. The lowest BCUT2D eigenvalue weighted by Crippen LogP contribution is -2.32. The van der Waals surface area contributed by atoms with Gasteiger partial charge in [0.05, 0.1) is 11.7 Å². The van der Waals surface area contributed by atoms with Crippen molar-refractivity contribution >= 4 is 0 Å². The van der Waals surface area contributed by atoms with Crippen molar-refractivity contribution in [3.05, 3.63) is 35.4 Å².